The zero-order chi connectivity index (χ0) is 18.6. The van der Waals surface area contributed by atoms with Gasteiger partial charge in [0, 0.05) is 18.8 Å². The molecule has 0 spiro atoms. The molecule has 0 saturated heterocycles. The lowest BCUT2D eigenvalue weighted by Crippen LogP contribution is -2.28. The van der Waals surface area contributed by atoms with E-state index in [1.165, 1.54) is 28.9 Å². The summed E-state index contributed by atoms with van der Waals surface area (Å²) in [4.78, 5) is 22.1. The van der Waals surface area contributed by atoms with Gasteiger partial charge in [-0.3, -0.25) is 4.79 Å². The van der Waals surface area contributed by atoms with Crippen molar-refractivity contribution in [2.75, 3.05) is 5.75 Å². The van der Waals surface area contributed by atoms with Crippen molar-refractivity contribution in [1.29, 1.82) is 0 Å². The number of hydrogen-bond acceptors (Lipinski definition) is 6. The second-order valence-corrected chi connectivity index (χ2v) is 7.74. The number of hydrogen-bond donors (Lipinski definition) is 0. The van der Waals surface area contributed by atoms with Crippen LogP contribution in [0.4, 0.5) is 4.39 Å². The van der Waals surface area contributed by atoms with Gasteiger partial charge in [-0.15, -0.1) is 11.3 Å². The van der Waals surface area contributed by atoms with E-state index in [2.05, 4.69) is 15.1 Å². The van der Waals surface area contributed by atoms with Gasteiger partial charge >= 0.3 is 0 Å². The van der Waals surface area contributed by atoms with Crippen molar-refractivity contribution in [2.24, 2.45) is 5.10 Å². The molecule has 0 fully saturated rings. The van der Waals surface area contributed by atoms with Gasteiger partial charge in [-0.2, -0.15) is 5.10 Å². The summed E-state index contributed by atoms with van der Waals surface area (Å²) >= 11 is 2.86. The molecule has 0 bridgehead atoms. The van der Waals surface area contributed by atoms with Gasteiger partial charge in [0.05, 0.1) is 22.4 Å². The molecule has 0 N–H and O–H groups in total. The number of rotatable bonds is 5. The van der Waals surface area contributed by atoms with Crippen LogP contribution >= 0.6 is 23.1 Å². The van der Waals surface area contributed by atoms with Crippen molar-refractivity contribution in [3.8, 4) is 0 Å². The summed E-state index contributed by atoms with van der Waals surface area (Å²) < 4.78 is 13.3. The highest BCUT2D eigenvalue weighted by atomic mass is 32.2. The molecule has 1 atom stereocenters. The Kier molecular flexibility index (Phi) is 5.26. The van der Waals surface area contributed by atoms with Gasteiger partial charge in [-0.1, -0.05) is 30.0 Å². The molecule has 1 unspecified atom stereocenters. The molecular formula is C19H15FN4OS2. The Labute approximate surface area is 164 Å². The third-order valence-electron chi connectivity index (χ3n) is 4.09. The van der Waals surface area contributed by atoms with E-state index in [1.807, 2.05) is 17.5 Å². The van der Waals surface area contributed by atoms with Crippen LogP contribution in [0.15, 0.2) is 70.5 Å². The van der Waals surface area contributed by atoms with Crippen LogP contribution in [-0.2, 0) is 4.79 Å². The molecule has 1 amide bonds. The molecule has 27 heavy (non-hydrogen) atoms. The van der Waals surface area contributed by atoms with Crippen LogP contribution in [0.3, 0.4) is 0 Å². The van der Waals surface area contributed by atoms with Gasteiger partial charge in [0.25, 0.3) is 5.91 Å². The van der Waals surface area contributed by atoms with Gasteiger partial charge in [-0.25, -0.2) is 19.4 Å². The van der Waals surface area contributed by atoms with Gasteiger partial charge in [0.2, 0.25) is 0 Å². The molecule has 2 aromatic heterocycles. The van der Waals surface area contributed by atoms with Crippen LogP contribution in [0.25, 0.3) is 0 Å². The highest BCUT2D eigenvalue weighted by molar-refractivity contribution is 7.99. The zero-order valence-corrected chi connectivity index (χ0v) is 15.8. The maximum atomic E-state index is 13.3. The van der Waals surface area contributed by atoms with Crippen molar-refractivity contribution in [1.82, 2.24) is 15.0 Å². The summed E-state index contributed by atoms with van der Waals surface area (Å²) in [5.41, 5.74) is 1.73. The van der Waals surface area contributed by atoms with Gasteiger partial charge in [0.1, 0.15) is 5.82 Å². The molecule has 1 aliphatic rings. The molecule has 5 nitrogen and oxygen atoms in total. The Balaban J connectivity index is 1.56. The minimum atomic E-state index is -0.300. The normalized spacial score (nSPS) is 16.4. The SMILES string of the molecule is O=C(CSc1ncccn1)N1N=C(c2cccs2)CC1c1ccc(F)cc1. The molecule has 3 aromatic rings. The van der Waals surface area contributed by atoms with E-state index in [1.54, 1.807) is 41.9 Å². The number of carbonyl (C=O) groups is 1. The van der Waals surface area contributed by atoms with Crippen LogP contribution in [0.5, 0.6) is 0 Å². The Bertz CT molecular complexity index is 946. The maximum Gasteiger partial charge on any atom is 0.253 e. The van der Waals surface area contributed by atoms with Crippen LogP contribution in [0.1, 0.15) is 22.9 Å². The third kappa shape index (κ3) is 4.06. The molecule has 4 rings (SSSR count). The molecule has 3 heterocycles. The van der Waals surface area contributed by atoms with E-state index in [9.17, 15) is 9.18 Å². The first-order valence-corrected chi connectivity index (χ1v) is 10.2. The van der Waals surface area contributed by atoms with E-state index in [0.717, 1.165) is 16.2 Å². The molecule has 136 valence electrons. The first-order valence-electron chi connectivity index (χ1n) is 8.29. The van der Waals surface area contributed by atoms with Crippen LogP contribution in [0.2, 0.25) is 0 Å². The number of hydrazone groups is 1. The van der Waals surface area contributed by atoms with Gasteiger partial charge < -0.3 is 0 Å². The van der Waals surface area contributed by atoms with Crippen LogP contribution in [0, 0.1) is 5.82 Å². The lowest BCUT2D eigenvalue weighted by molar-refractivity contribution is -0.130. The fourth-order valence-corrected chi connectivity index (χ4v) is 4.21. The number of benzene rings is 1. The smallest absolute Gasteiger partial charge is 0.253 e. The molecule has 1 aromatic carbocycles. The Morgan fingerprint density at radius 3 is 2.67 bits per heavy atom. The summed E-state index contributed by atoms with van der Waals surface area (Å²) in [6, 6.07) is 11.7. The van der Waals surface area contributed by atoms with E-state index in [0.29, 0.717) is 11.6 Å². The number of thiophene rings is 1. The highest BCUT2D eigenvalue weighted by Crippen LogP contribution is 2.34. The minimum absolute atomic E-state index is 0.131. The Morgan fingerprint density at radius 2 is 1.96 bits per heavy atom. The topological polar surface area (TPSA) is 58.5 Å². The van der Waals surface area contributed by atoms with Crippen molar-refractivity contribution in [3.63, 3.8) is 0 Å². The Hall–Kier alpha value is -2.58. The van der Waals surface area contributed by atoms with Crippen molar-refractivity contribution in [3.05, 3.63) is 76.5 Å². The molecule has 0 saturated carbocycles. The number of aromatic nitrogens is 2. The summed E-state index contributed by atoms with van der Waals surface area (Å²) in [6.07, 6.45) is 3.89. The molecular weight excluding hydrogens is 383 g/mol. The van der Waals surface area contributed by atoms with E-state index >= 15 is 0 Å². The first-order chi connectivity index (χ1) is 13.2. The summed E-state index contributed by atoms with van der Waals surface area (Å²) in [6.45, 7) is 0. The standard InChI is InChI=1S/C19H15FN4OS2/c20-14-6-4-13(5-7-14)16-11-15(17-3-1-10-26-17)23-24(16)18(25)12-27-19-21-8-2-9-22-19/h1-10,16H,11-12H2. The number of carbonyl (C=O) groups excluding carboxylic acids is 1. The van der Waals surface area contributed by atoms with Crippen molar-refractivity contribution < 1.29 is 9.18 Å². The largest absolute Gasteiger partial charge is 0.272 e. The fourth-order valence-electron chi connectivity index (χ4n) is 2.83. The second kappa shape index (κ2) is 7.98. The predicted octanol–water partition coefficient (Wildman–Crippen LogP) is 4.15. The van der Waals surface area contributed by atoms with E-state index in [4.69, 9.17) is 0 Å². The second-order valence-electron chi connectivity index (χ2n) is 5.85. The molecule has 8 heteroatoms. The fraction of sp³-hybridized carbons (Fsp3) is 0.158. The minimum Gasteiger partial charge on any atom is -0.272 e. The van der Waals surface area contributed by atoms with E-state index < -0.39 is 0 Å². The molecule has 0 aliphatic carbocycles. The van der Waals surface area contributed by atoms with E-state index in [-0.39, 0.29) is 23.5 Å². The quantitative estimate of drug-likeness (QED) is 0.479. The third-order valence-corrected chi connectivity index (χ3v) is 5.87. The first kappa shape index (κ1) is 17.8. The monoisotopic (exact) mass is 398 g/mol. The average molecular weight is 398 g/mol. The zero-order valence-electron chi connectivity index (χ0n) is 14.2. The Morgan fingerprint density at radius 1 is 1.19 bits per heavy atom. The highest BCUT2D eigenvalue weighted by Gasteiger charge is 2.33. The maximum absolute atomic E-state index is 13.3. The summed E-state index contributed by atoms with van der Waals surface area (Å²) in [7, 11) is 0. The van der Waals surface area contributed by atoms with Gasteiger partial charge in [-0.05, 0) is 35.2 Å². The summed E-state index contributed by atoms with van der Waals surface area (Å²) in [5.74, 6) is -0.248. The van der Waals surface area contributed by atoms with Crippen molar-refractivity contribution in [2.45, 2.75) is 17.6 Å². The predicted molar refractivity (Wildman–Crippen MR) is 104 cm³/mol. The van der Waals surface area contributed by atoms with Gasteiger partial charge in [0.15, 0.2) is 5.16 Å². The number of nitrogens with zero attached hydrogens (tertiary/aromatic N) is 4. The lowest BCUT2D eigenvalue weighted by atomic mass is 10.0. The van der Waals surface area contributed by atoms with Crippen LogP contribution < -0.4 is 0 Å². The lowest BCUT2D eigenvalue weighted by Gasteiger charge is -2.21. The number of halogens is 1. The molecule has 1 aliphatic heterocycles. The number of thioether (sulfide) groups is 1. The van der Waals surface area contributed by atoms with Crippen LogP contribution in [-0.4, -0.2) is 32.3 Å². The molecule has 0 radical (unpaired) electrons. The van der Waals surface area contributed by atoms with Crippen molar-refractivity contribution >= 4 is 34.7 Å². The summed E-state index contributed by atoms with van der Waals surface area (Å²) in [5, 5.41) is 8.63. The number of amides is 1. The average Bonchev–Trinajstić information content (AvgIpc) is 3.37.